The Bertz CT molecular complexity index is 1550. The van der Waals surface area contributed by atoms with Crippen LogP contribution in [0.25, 0.3) is 4.85 Å². The van der Waals surface area contributed by atoms with E-state index in [9.17, 15) is 0 Å². The molecule has 1 saturated heterocycles. The van der Waals surface area contributed by atoms with Crippen molar-refractivity contribution in [2.45, 2.75) is 110 Å². The minimum Gasteiger partial charge on any atom is -0.497 e. The Morgan fingerprint density at radius 3 is 1.81 bits per heavy atom. The Hall–Kier alpha value is -3.14. The van der Waals surface area contributed by atoms with Crippen molar-refractivity contribution in [3.05, 3.63) is 107 Å². The summed E-state index contributed by atoms with van der Waals surface area (Å²) in [5.41, 5.74) is 1.96. The van der Waals surface area contributed by atoms with Crippen molar-refractivity contribution < 1.29 is 37.5 Å². The fourth-order valence-electron chi connectivity index (χ4n) is 7.51. The normalized spacial score (nSPS) is 20.6. The summed E-state index contributed by atoms with van der Waals surface area (Å²) in [5, 5.41) is 3.72. The van der Waals surface area contributed by atoms with Crippen LogP contribution >= 0.6 is 8.53 Å². The molecule has 3 aromatic carbocycles. The molecular formula is C45H66N3O8P. The molecule has 0 amide bonds. The molecule has 57 heavy (non-hydrogen) atoms. The summed E-state index contributed by atoms with van der Waals surface area (Å²) in [6.45, 7) is 26.3. The molecule has 6 atom stereocenters. The molecule has 0 saturated carbocycles. The number of benzene rings is 3. The second kappa shape index (κ2) is 23.5. The number of nitrogens with one attached hydrogen (secondary N) is 1. The maximum Gasteiger partial charge on any atom is 0.259 e. The molecule has 314 valence electrons. The van der Waals surface area contributed by atoms with Gasteiger partial charge in [0.25, 0.3) is 8.53 Å². The maximum absolute atomic E-state index is 7.16. The fourth-order valence-corrected chi connectivity index (χ4v) is 9.08. The third-order valence-electron chi connectivity index (χ3n) is 10.1. The van der Waals surface area contributed by atoms with Crippen LogP contribution in [0.2, 0.25) is 0 Å². The van der Waals surface area contributed by atoms with Crippen LogP contribution in [0.5, 0.6) is 11.5 Å². The predicted octanol–water partition coefficient (Wildman–Crippen LogP) is 8.85. The quantitative estimate of drug-likeness (QED) is 0.0410. The topological polar surface area (TPSA) is 93.5 Å². The molecule has 1 N–H and O–H groups in total. The van der Waals surface area contributed by atoms with Gasteiger partial charge in [0.05, 0.1) is 58.9 Å². The van der Waals surface area contributed by atoms with Crippen LogP contribution < -0.4 is 14.8 Å². The van der Waals surface area contributed by atoms with Gasteiger partial charge < -0.3 is 47.6 Å². The van der Waals surface area contributed by atoms with Gasteiger partial charge in [-0.2, -0.15) is 0 Å². The molecule has 1 fully saturated rings. The third-order valence-corrected chi connectivity index (χ3v) is 12.2. The molecule has 1 aliphatic rings. The van der Waals surface area contributed by atoms with E-state index >= 15 is 0 Å². The van der Waals surface area contributed by atoms with Crippen molar-refractivity contribution >= 4 is 8.53 Å². The highest BCUT2D eigenvalue weighted by atomic mass is 31.2. The van der Waals surface area contributed by atoms with Gasteiger partial charge in [-0.05, 0) is 75.1 Å². The Morgan fingerprint density at radius 2 is 1.30 bits per heavy atom. The van der Waals surface area contributed by atoms with E-state index in [4.69, 9.17) is 44.0 Å². The smallest absolute Gasteiger partial charge is 0.259 e. The lowest BCUT2D eigenvalue weighted by Gasteiger charge is -2.46. The largest absolute Gasteiger partial charge is 0.497 e. The second-order valence-corrected chi connectivity index (χ2v) is 16.5. The van der Waals surface area contributed by atoms with Crippen molar-refractivity contribution in [2.24, 2.45) is 5.92 Å². The van der Waals surface area contributed by atoms with Gasteiger partial charge in [-0.3, -0.25) is 0 Å². The first-order valence-corrected chi connectivity index (χ1v) is 21.4. The monoisotopic (exact) mass is 807 g/mol. The zero-order valence-electron chi connectivity index (χ0n) is 35.7. The molecule has 0 spiro atoms. The molecule has 11 nitrogen and oxygen atoms in total. The predicted molar refractivity (Wildman–Crippen MR) is 227 cm³/mol. The molecular weight excluding hydrogens is 741 g/mol. The second-order valence-electron chi connectivity index (χ2n) is 15.1. The Morgan fingerprint density at radius 1 is 0.754 bits per heavy atom. The van der Waals surface area contributed by atoms with Crippen molar-refractivity contribution in [1.82, 2.24) is 9.99 Å². The van der Waals surface area contributed by atoms with E-state index < -0.39 is 20.4 Å². The van der Waals surface area contributed by atoms with E-state index in [1.807, 2.05) is 42.5 Å². The van der Waals surface area contributed by atoms with E-state index in [1.54, 1.807) is 14.2 Å². The van der Waals surface area contributed by atoms with Crippen molar-refractivity contribution in [2.75, 3.05) is 53.8 Å². The Labute approximate surface area is 343 Å². The summed E-state index contributed by atoms with van der Waals surface area (Å²) >= 11 is 0. The summed E-state index contributed by atoms with van der Waals surface area (Å²) in [5.74, 6) is 1.60. The van der Waals surface area contributed by atoms with Gasteiger partial charge in [0, 0.05) is 24.0 Å². The molecule has 1 aliphatic heterocycles. The molecule has 12 heteroatoms. The molecule has 0 bridgehead atoms. The van der Waals surface area contributed by atoms with E-state index in [0.29, 0.717) is 33.0 Å². The van der Waals surface area contributed by atoms with E-state index in [2.05, 4.69) is 107 Å². The van der Waals surface area contributed by atoms with Crippen molar-refractivity contribution in [3.63, 3.8) is 0 Å². The highest BCUT2D eigenvalue weighted by Crippen LogP contribution is 2.46. The lowest BCUT2D eigenvalue weighted by molar-refractivity contribution is -0.264. The van der Waals surface area contributed by atoms with Gasteiger partial charge in [-0.25, -0.2) is 11.2 Å². The number of nitrogens with zero attached hydrogens (tertiary/aromatic N) is 2. The lowest BCUT2D eigenvalue weighted by Crippen LogP contribution is -2.61. The highest BCUT2D eigenvalue weighted by molar-refractivity contribution is 7.44. The molecule has 3 aromatic rings. The summed E-state index contributed by atoms with van der Waals surface area (Å²) in [7, 11) is 1.99. The Balaban J connectivity index is 1.50. The number of hydrogen-bond acceptors (Lipinski definition) is 10. The summed E-state index contributed by atoms with van der Waals surface area (Å²) in [4.78, 5) is 3.45. The maximum atomic E-state index is 7.16. The minimum absolute atomic E-state index is 0.0679. The fraction of sp³-hybridized carbons (Fsp3) is 0.578. The summed E-state index contributed by atoms with van der Waals surface area (Å²) in [6, 6.07) is 26.8. The molecule has 0 radical (unpaired) electrons. The van der Waals surface area contributed by atoms with Gasteiger partial charge in [0.2, 0.25) is 6.54 Å². The zero-order chi connectivity index (χ0) is 41.4. The summed E-state index contributed by atoms with van der Waals surface area (Å²) in [6.07, 6.45) is -0.123. The van der Waals surface area contributed by atoms with Gasteiger partial charge in [0.15, 0.2) is 6.29 Å². The molecule has 4 rings (SSSR count). The van der Waals surface area contributed by atoms with Gasteiger partial charge >= 0.3 is 0 Å². The summed E-state index contributed by atoms with van der Waals surface area (Å²) < 4.78 is 52.7. The number of ether oxygens (including phenoxy) is 6. The van der Waals surface area contributed by atoms with E-state index in [1.165, 1.54) is 0 Å². The SMILES string of the molecule is [C-]#[N+]CCOP(OCCOC1C(CC)OC(OCCOC(c2ccccc2)(c2ccc(OC)cc2)c2ccc(OC)cc2)C(NC(C)C)C1C)N(C(C)C)C(C)C. The first-order chi connectivity index (χ1) is 27.5. The third kappa shape index (κ3) is 12.4. The standard InChI is InChI=1S/C45H66N3O8P/c1-12-41-43(51-29-31-55-57(54-27-26-46-9)48(33(4)5)34(6)7)35(8)42(47-32(2)3)44(56-41)52-28-30-53-45(36-16-14-13-15-17-36,37-18-22-39(49-10)23-19-37)38-20-24-40(50-11)25-21-38/h13-25,32-35,41-44,47H,12,26-31H2,1-8,10-11H3. The average molecular weight is 808 g/mol. The van der Waals surface area contributed by atoms with Gasteiger partial charge in [-0.1, -0.05) is 82.3 Å². The van der Waals surface area contributed by atoms with Crippen LogP contribution in [0.4, 0.5) is 0 Å². The first-order valence-electron chi connectivity index (χ1n) is 20.3. The van der Waals surface area contributed by atoms with E-state index in [0.717, 1.165) is 34.6 Å². The van der Waals surface area contributed by atoms with E-state index in [-0.39, 0.29) is 48.9 Å². The van der Waals surface area contributed by atoms with Crippen LogP contribution in [0, 0.1) is 12.5 Å². The van der Waals surface area contributed by atoms with Crippen LogP contribution in [-0.2, 0) is 33.6 Å². The molecule has 0 aliphatic carbocycles. The van der Waals surface area contributed by atoms with Gasteiger partial charge in [0.1, 0.15) is 23.7 Å². The zero-order valence-corrected chi connectivity index (χ0v) is 36.6. The minimum atomic E-state index is -1.34. The molecule has 0 aromatic heterocycles. The van der Waals surface area contributed by atoms with Gasteiger partial charge in [-0.15, -0.1) is 0 Å². The Kier molecular flexibility index (Phi) is 19.2. The van der Waals surface area contributed by atoms with Crippen LogP contribution in [0.15, 0.2) is 78.9 Å². The van der Waals surface area contributed by atoms with Crippen molar-refractivity contribution in [3.8, 4) is 11.5 Å². The number of rotatable bonds is 24. The highest BCUT2D eigenvalue weighted by Gasteiger charge is 2.45. The van der Waals surface area contributed by atoms with Crippen LogP contribution in [0.1, 0.15) is 78.5 Å². The average Bonchev–Trinajstić information content (AvgIpc) is 3.21. The number of hydrogen-bond donors (Lipinski definition) is 1. The molecule has 6 unspecified atom stereocenters. The molecule has 1 heterocycles. The lowest BCUT2D eigenvalue weighted by atomic mass is 9.80. The number of methoxy groups -OCH3 is 2. The first kappa shape index (κ1) is 46.5. The van der Waals surface area contributed by atoms with Crippen LogP contribution in [0.3, 0.4) is 0 Å². The van der Waals surface area contributed by atoms with Crippen molar-refractivity contribution in [1.29, 1.82) is 0 Å². The van der Waals surface area contributed by atoms with Crippen LogP contribution in [-0.4, -0.2) is 101 Å².